The third-order valence-electron chi connectivity index (χ3n) is 7.81. The number of aliphatic hydroxyl groups excluding tert-OH is 1. The van der Waals surface area contributed by atoms with Crippen LogP contribution in [0.5, 0.6) is 5.75 Å². The lowest BCUT2D eigenvalue weighted by Gasteiger charge is -2.32. The first-order valence-corrected chi connectivity index (χ1v) is 15.8. The number of nitrogens with one attached hydrogen (secondary N) is 1. The lowest BCUT2D eigenvalue weighted by Crippen LogP contribution is -2.50. The molecule has 48 heavy (non-hydrogen) atoms. The molecule has 13 heteroatoms. The summed E-state index contributed by atoms with van der Waals surface area (Å²) in [6.45, 7) is 0.173. The minimum Gasteiger partial charge on any atom is -0.494 e. The van der Waals surface area contributed by atoms with Crippen LogP contribution in [-0.4, -0.2) is 35.7 Å². The normalized spacial score (nSPS) is 17.2. The van der Waals surface area contributed by atoms with Gasteiger partial charge in [-0.25, -0.2) is 4.99 Å². The fourth-order valence-corrected chi connectivity index (χ4v) is 5.92. The molecule has 1 amide bonds. The second-order valence-electron chi connectivity index (χ2n) is 11.0. The van der Waals surface area contributed by atoms with Crippen molar-refractivity contribution in [2.75, 3.05) is 13.2 Å². The van der Waals surface area contributed by atoms with Crippen molar-refractivity contribution in [1.29, 1.82) is 0 Å². The fourth-order valence-electron chi connectivity index (χ4n) is 5.42. The maximum absolute atomic E-state index is 14.6. The van der Waals surface area contributed by atoms with Gasteiger partial charge in [-0.15, -0.1) is 0 Å². The van der Waals surface area contributed by atoms with E-state index in [9.17, 15) is 18.0 Å². The van der Waals surface area contributed by atoms with E-state index < -0.39 is 29.3 Å². The Morgan fingerprint density at radius 2 is 1.77 bits per heavy atom. The Bertz CT molecular complexity index is 1830. The molecule has 1 heterocycles. The number of carbonyl (C=O) groups excluding carboxylic acids is 1. The largest absolute Gasteiger partial charge is 0.494 e. The van der Waals surface area contributed by atoms with Crippen LogP contribution in [0.1, 0.15) is 45.9 Å². The summed E-state index contributed by atoms with van der Waals surface area (Å²) in [5, 5.41) is 15.6. The van der Waals surface area contributed by atoms with E-state index in [1.807, 2.05) is 24.3 Å². The monoisotopic (exact) mass is 721 g/mol. The predicted molar refractivity (Wildman–Crippen MR) is 177 cm³/mol. The first-order chi connectivity index (χ1) is 23.1. The van der Waals surface area contributed by atoms with E-state index in [0.717, 1.165) is 12.1 Å². The zero-order valence-electron chi connectivity index (χ0n) is 25.5. The number of aliphatic hydroxyl groups is 1. The molecule has 0 fully saturated rings. The van der Waals surface area contributed by atoms with Crippen molar-refractivity contribution >= 4 is 27.7 Å². The summed E-state index contributed by atoms with van der Waals surface area (Å²) in [6, 6.07) is 26.2. The second-order valence-corrected chi connectivity index (χ2v) is 11.9. The number of halogens is 4. The second kappa shape index (κ2) is 15.4. The highest BCUT2D eigenvalue weighted by Crippen LogP contribution is 2.45. The summed E-state index contributed by atoms with van der Waals surface area (Å²) in [5.41, 5.74) is 9.35. The SMILES string of the molecule is [N-]=[N+]=NCc1ccccc1C[C@@]1(C(=O)NCc2cccc(C(F)(F)F)c2)N=C(c2ccc(OCCCO)cc2)O[C@@H]1c1ccccc1Br. The Morgan fingerprint density at radius 3 is 2.48 bits per heavy atom. The molecule has 0 aliphatic carbocycles. The molecule has 0 saturated heterocycles. The summed E-state index contributed by atoms with van der Waals surface area (Å²) in [6.07, 6.45) is -5.03. The van der Waals surface area contributed by atoms with Crippen molar-refractivity contribution in [2.45, 2.75) is 43.8 Å². The number of carbonyl (C=O) groups is 1. The minimum absolute atomic E-state index is 0.00304. The number of alkyl halides is 3. The minimum atomic E-state index is -4.54. The number of hydrogen-bond donors (Lipinski definition) is 2. The standard InChI is InChI=1S/C35H31BrF3N5O4/c36-30-12-4-3-11-29(30)31-34(20-25-8-1-2-9-26(25)22-42-44-40,33(46)41-21-23-7-5-10-27(19-23)35(37,38)39)43-32(48-31)24-13-15-28(16-14-24)47-18-6-17-45/h1-5,7-16,19,31,45H,6,17-18,20-22H2,(H,41,46)/t31-,34-/m1/s1. The van der Waals surface area contributed by atoms with Gasteiger partial charge in [-0.3, -0.25) is 4.79 Å². The maximum Gasteiger partial charge on any atom is 0.416 e. The van der Waals surface area contributed by atoms with Gasteiger partial charge < -0.3 is 19.9 Å². The van der Waals surface area contributed by atoms with Gasteiger partial charge in [-0.1, -0.05) is 75.6 Å². The molecule has 1 aliphatic heterocycles. The molecular formula is C35H31BrF3N5O4. The highest BCUT2D eigenvalue weighted by atomic mass is 79.9. The zero-order chi connectivity index (χ0) is 34.1. The molecule has 4 aromatic carbocycles. The fraction of sp³-hybridized carbons (Fsp3) is 0.257. The van der Waals surface area contributed by atoms with Gasteiger partial charge in [0.05, 0.1) is 18.7 Å². The number of azide groups is 1. The number of ether oxygens (including phenoxy) is 2. The van der Waals surface area contributed by atoms with Crippen molar-refractivity contribution in [3.05, 3.63) is 145 Å². The van der Waals surface area contributed by atoms with Crippen molar-refractivity contribution < 1.29 is 32.5 Å². The molecule has 0 saturated carbocycles. The van der Waals surface area contributed by atoms with Crippen LogP contribution in [-0.2, 0) is 35.2 Å². The van der Waals surface area contributed by atoms with Crippen LogP contribution < -0.4 is 10.1 Å². The van der Waals surface area contributed by atoms with Crippen molar-refractivity contribution in [1.82, 2.24) is 5.32 Å². The van der Waals surface area contributed by atoms with Gasteiger partial charge in [0.2, 0.25) is 5.90 Å². The molecular weight excluding hydrogens is 691 g/mol. The summed E-state index contributed by atoms with van der Waals surface area (Å²) in [7, 11) is 0. The number of nitrogens with zero attached hydrogens (tertiary/aromatic N) is 4. The number of aliphatic imine (C=N–C) groups is 1. The first kappa shape index (κ1) is 34.5. The highest BCUT2D eigenvalue weighted by molar-refractivity contribution is 9.10. The van der Waals surface area contributed by atoms with E-state index in [0.29, 0.717) is 45.5 Å². The van der Waals surface area contributed by atoms with Crippen LogP contribution in [0.2, 0.25) is 0 Å². The van der Waals surface area contributed by atoms with Crippen LogP contribution in [0.4, 0.5) is 13.2 Å². The van der Waals surface area contributed by atoms with Crippen molar-refractivity contribution in [3.8, 4) is 5.75 Å². The van der Waals surface area contributed by atoms with Crippen molar-refractivity contribution in [3.63, 3.8) is 0 Å². The van der Waals surface area contributed by atoms with Crippen LogP contribution in [0.3, 0.4) is 0 Å². The number of benzene rings is 4. The summed E-state index contributed by atoms with van der Waals surface area (Å²) in [4.78, 5) is 22.4. The molecule has 4 aromatic rings. The number of amides is 1. The molecule has 2 N–H and O–H groups in total. The Labute approximate surface area is 283 Å². The van der Waals surface area contributed by atoms with E-state index in [4.69, 9.17) is 25.1 Å². The number of hydrogen-bond acceptors (Lipinski definition) is 6. The van der Waals surface area contributed by atoms with Crippen LogP contribution in [0.25, 0.3) is 10.4 Å². The average molecular weight is 723 g/mol. The Morgan fingerprint density at radius 1 is 1.04 bits per heavy atom. The van der Waals surface area contributed by atoms with Crippen molar-refractivity contribution in [2.24, 2.45) is 10.1 Å². The van der Waals surface area contributed by atoms with Gasteiger partial charge in [0.25, 0.3) is 5.91 Å². The van der Waals surface area contributed by atoms with Crippen LogP contribution >= 0.6 is 15.9 Å². The van der Waals surface area contributed by atoms with Crippen LogP contribution in [0.15, 0.2) is 112 Å². The van der Waals surface area contributed by atoms with E-state index in [-0.39, 0.29) is 37.6 Å². The zero-order valence-corrected chi connectivity index (χ0v) is 27.1. The van der Waals surface area contributed by atoms with Gasteiger partial charge in [0, 0.05) is 46.5 Å². The third kappa shape index (κ3) is 7.99. The smallest absolute Gasteiger partial charge is 0.416 e. The van der Waals surface area contributed by atoms with E-state index in [1.54, 1.807) is 48.5 Å². The maximum atomic E-state index is 14.6. The first-order valence-electron chi connectivity index (χ1n) is 15.0. The third-order valence-corrected chi connectivity index (χ3v) is 8.53. The predicted octanol–water partition coefficient (Wildman–Crippen LogP) is 7.86. The molecule has 0 unspecified atom stereocenters. The molecule has 2 atom stereocenters. The lowest BCUT2D eigenvalue weighted by atomic mass is 9.81. The van der Waals surface area contributed by atoms with Gasteiger partial charge in [0.15, 0.2) is 11.6 Å². The van der Waals surface area contributed by atoms with Gasteiger partial charge in [-0.2, -0.15) is 13.2 Å². The molecule has 248 valence electrons. The van der Waals surface area contributed by atoms with Gasteiger partial charge in [-0.05, 0) is 64.7 Å². The molecule has 1 aliphatic rings. The van der Waals surface area contributed by atoms with E-state index in [1.165, 1.54) is 12.1 Å². The van der Waals surface area contributed by atoms with Gasteiger partial charge in [0.1, 0.15) is 5.75 Å². The topological polar surface area (TPSA) is 129 Å². The highest BCUT2D eigenvalue weighted by Gasteiger charge is 2.54. The van der Waals surface area contributed by atoms with E-state index >= 15 is 0 Å². The number of rotatable bonds is 13. The Hall–Kier alpha value is -4.84. The van der Waals surface area contributed by atoms with E-state index in [2.05, 4.69) is 31.3 Å². The van der Waals surface area contributed by atoms with Gasteiger partial charge >= 0.3 is 6.18 Å². The van der Waals surface area contributed by atoms with Crippen LogP contribution in [0, 0.1) is 0 Å². The lowest BCUT2D eigenvalue weighted by molar-refractivity contribution is -0.137. The molecule has 5 rings (SSSR count). The molecule has 0 bridgehead atoms. The Kier molecular flexibility index (Phi) is 11.0. The average Bonchev–Trinajstić information content (AvgIpc) is 3.47. The summed E-state index contributed by atoms with van der Waals surface area (Å²) >= 11 is 3.60. The molecule has 0 aromatic heterocycles. The summed E-state index contributed by atoms with van der Waals surface area (Å²) in [5.74, 6) is 0.183. The molecule has 0 radical (unpaired) electrons. The molecule has 9 nitrogen and oxygen atoms in total. The molecule has 0 spiro atoms. The summed E-state index contributed by atoms with van der Waals surface area (Å²) < 4.78 is 53.2. The quantitative estimate of drug-likeness (QED) is 0.0630. The Balaban J connectivity index is 1.60.